The number of aliphatic imine (C=N–C) groups is 1. The van der Waals surface area contributed by atoms with Crippen LogP contribution in [-0.4, -0.2) is 29.8 Å². The summed E-state index contributed by atoms with van der Waals surface area (Å²) in [6.07, 6.45) is 1.63. The van der Waals surface area contributed by atoms with Crippen LogP contribution in [-0.2, 0) is 4.79 Å². The van der Waals surface area contributed by atoms with E-state index in [0.29, 0.717) is 11.4 Å². The van der Waals surface area contributed by atoms with Crippen LogP contribution in [0.4, 0.5) is 5.69 Å². The minimum Gasteiger partial charge on any atom is -0.484 e. The highest BCUT2D eigenvalue weighted by Crippen LogP contribution is 2.20. The average molecular weight is 312 g/mol. The summed E-state index contributed by atoms with van der Waals surface area (Å²) in [6, 6.07) is 11.7. The molecule has 6 heteroatoms. The zero-order valence-electron chi connectivity index (χ0n) is 12.5. The second kappa shape index (κ2) is 7.22. The van der Waals surface area contributed by atoms with Crippen molar-refractivity contribution in [3.63, 3.8) is 0 Å². The molecule has 6 nitrogen and oxygen atoms in total. The monoisotopic (exact) mass is 312 g/mol. The number of hydrogen-bond donors (Lipinski definition) is 2. The molecule has 1 amide bonds. The van der Waals surface area contributed by atoms with Gasteiger partial charge in [-0.05, 0) is 54.4 Å². The summed E-state index contributed by atoms with van der Waals surface area (Å²) < 4.78 is 5.16. The number of carboxylic acids is 1. The first-order chi connectivity index (χ1) is 11.0. The molecule has 0 aliphatic rings. The molecule has 0 unspecified atom stereocenters. The number of nitrogens with two attached hydrogens (primary N) is 1. The molecule has 0 fully saturated rings. The molecule has 0 heterocycles. The lowest BCUT2D eigenvalue weighted by Gasteiger charge is -2.04. The maximum atomic E-state index is 11.0. The fourth-order valence-electron chi connectivity index (χ4n) is 1.83. The zero-order valence-corrected chi connectivity index (χ0v) is 12.5. The van der Waals surface area contributed by atoms with E-state index in [4.69, 9.17) is 15.6 Å². The van der Waals surface area contributed by atoms with Crippen molar-refractivity contribution >= 4 is 23.8 Å². The molecule has 3 N–H and O–H groups in total. The normalized spacial score (nSPS) is 10.7. The Kier molecular flexibility index (Phi) is 5.09. The van der Waals surface area contributed by atoms with Gasteiger partial charge in [0, 0.05) is 6.21 Å². The van der Waals surface area contributed by atoms with Gasteiger partial charge in [0.15, 0.2) is 6.61 Å². The number of aryl methyl sites for hydroxylation is 1. The van der Waals surface area contributed by atoms with E-state index in [1.54, 1.807) is 42.6 Å². The SMILES string of the molecule is Cc1ccc(C(=O)O)cc1N=Cc1ccc(OCC(N)=O)cc1. The summed E-state index contributed by atoms with van der Waals surface area (Å²) in [5.41, 5.74) is 7.49. The molecule has 23 heavy (non-hydrogen) atoms. The van der Waals surface area contributed by atoms with Gasteiger partial charge in [-0.1, -0.05) is 6.07 Å². The van der Waals surface area contributed by atoms with E-state index < -0.39 is 11.9 Å². The number of amides is 1. The number of primary amides is 1. The molecule has 0 aromatic heterocycles. The Labute approximate surface area is 133 Å². The van der Waals surface area contributed by atoms with Gasteiger partial charge in [0.05, 0.1) is 11.3 Å². The van der Waals surface area contributed by atoms with Gasteiger partial charge in [-0.2, -0.15) is 0 Å². The number of nitrogens with zero attached hydrogens (tertiary/aromatic N) is 1. The zero-order chi connectivity index (χ0) is 16.8. The van der Waals surface area contributed by atoms with Gasteiger partial charge in [0.2, 0.25) is 0 Å². The lowest BCUT2D eigenvalue weighted by atomic mass is 10.1. The number of ether oxygens (including phenoxy) is 1. The second-order valence-corrected chi connectivity index (χ2v) is 4.89. The molecule has 0 aliphatic heterocycles. The van der Waals surface area contributed by atoms with Crippen LogP contribution in [0.25, 0.3) is 0 Å². The van der Waals surface area contributed by atoms with Crippen molar-refractivity contribution in [2.24, 2.45) is 10.7 Å². The maximum Gasteiger partial charge on any atom is 0.335 e. The van der Waals surface area contributed by atoms with E-state index >= 15 is 0 Å². The Morgan fingerprint density at radius 3 is 2.52 bits per heavy atom. The standard InChI is InChI=1S/C17H16N2O4/c1-11-2-5-13(17(21)22)8-15(11)19-9-12-3-6-14(7-4-12)23-10-16(18)20/h2-9H,10H2,1H3,(H2,18,20)(H,21,22). The quantitative estimate of drug-likeness (QED) is 0.799. The fourth-order valence-corrected chi connectivity index (χ4v) is 1.83. The number of carbonyl (C=O) groups is 2. The van der Waals surface area contributed by atoms with E-state index in [1.165, 1.54) is 6.07 Å². The maximum absolute atomic E-state index is 11.0. The molecule has 0 radical (unpaired) electrons. The molecule has 0 saturated heterocycles. The van der Waals surface area contributed by atoms with Crippen molar-refractivity contribution < 1.29 is 19.4 Å². The van der Waals surface area contributed by atoms with Crippen molar-refractivity contribution in [3.05, 3.63) is 59.2 Å². The Balaban J connectivity index is 2.12. The number of hydrogen-bond acceptors (Lipinski definition) is 4. The van der Waals surface area contributed by atoms with E-state index in [-0.39, 0.29) is 12.2 Å². The number of aromatic carboxylic acids is 1. The molecule has 2 rings (SSSR count). The van der Waals surface area contributed by atoms with Crippen LogP contribution in [0.15, 0.2) is 47.5 Å². The Hall–Kier alpha value is -3.15. The molecule has 0 atom stereocenters. The second-order valence-electron chi connectivity index (χ2n) is 4.89. The molecule has 0 bridgehead atoms. The van der Waals surface area contributed by atoms with E-state index in [2.05, 4.69) is 4.99 Å². The van der Waals surface area contributed by atoms with Gasteiger partial charge in [-0.3, -0.25) is 9.79 Å². The summed E-state index contributed by atoms with van der Waals surface area (Å²) in [6.45, 7) is 1.69. The lowest BCUT2D eigenvalue weighted by molar-refractivity contribution is -0.119. The molecular formula is C17H16N2O4. The fraction of sp³-hybridized carbons (Fsp3) is 0.118. The smallest absolute Gasteiger partial charge is 0.335 e. The highest BCUT2D eigenvalue weighted by molar-refractivity contribution is 5.90. The van der Waals surface area contributed by atoms with Crippen molar-refractivity contribution in [2.75, 3.05) is 6.61 Å². The highest BCUT2D eigenvalue weighted by atomic mass is 16.5. The Morgan fingerprint density at radius 1 is 1.22 bits per heavy atom. The molecule has 2 aromatic carbocycles. The van der Waals surface area contributed by atoms with Crippen LogP contribution < -0.4 is 10.5 Å². The van der Waals surface area contributed by atoms with Crippen LogP contribution in [0.5, 0.6) is 5.75 Å². The van der Waals surface area contributed by atoms with Gasteiger partial charge in [0.25, 0.3) is 5.91 Å². The third kappa shape index (κ3) is 4.67. The first-order valence-electron chi connectivity index (χ1n) is 6.85. The summed E-state index contributed by atoms with van der Waals surface area (Å²) in [5, 5.41) is 9.01. The largest absolute Gasteiger partial charge is 0.484 e. The third-order valence-electron chi connectivity index (χ3n) is 3.07. The topological polar surface area (TPSA) is 102 Å². The van der Waals surface area contributed by atoms with E-state index in [9.17, 15) is 9.59 Å². The third-order valence-corrected chi connectivity index (χ3v) is 3.07. The number of carbonyl (C=O) groups excluding carboxylic acids is 1. The number of benzene rings is 2. The molecular weight excluding hydrogens is 296 g/mol. The van der Waals surface area contributed by atoms with Crippen LogP contribution in [0.1, 0.15) is 21.5 Å². The highest BCUT2D eigenvalue weighted by Gasteiger charge is 2.05. The molecule has 0 spiro atoms. The molecule has 0 aliphatic carbocycles. The van der Waals surface area contributed by atoms with E-state index in [0.717, 1.165) is 11.1 Å². The van der Waals surface area contributed by atoms with Gasteiger partial charge >= 0.3 is 5.97 Å². The summed E-state index contributed by atoms with van der Waals surface area (Å²) in [4.78, 5) is 25.9. The summed E-state index contributed by atoms with van der Waals surface area (Å²) >= 11 is 0. The minimum absolute atomic E-state index is 0.172. The van der Waals surface area contributed by atoms with Crippen LogP contribution >= 0.6 is 0 Å². The molecule has 0 saturated carbocycles. The predicted octanol–water partition coefficient (Wildman–Crippen LogP) is 2.31. The Morgan fingerprint density at radius 2 is 1.91 bits per heavy atom. The number of carboxylic acid groups (broad SMARTS) is 1. The van der Waals surface area contributed by atoms with Crippen molar-refractivity contribution in [1.29, 1.82) is 0 Å². The van der Waals surface area contributed by atoms with Gasteiger partial charge < -0.3 is 15.6 Å². The summed E-state index contributed by atoms with van der Waals surface area (Å²) in [5.74, 6) is -0.994. The van der Waals surface area contributed by atoms with Gasteiger partial charge in [0.1, 0.15) is 5.75 Å². The van der Waals surface area contributed by atoms with Crippen LogP contribution in [0.2, 0.25) is 0 Å². The van der Waals surface area contributed by atoms with Crippen LogP contribution in [0, 0.1) is 6.92 Å². The Bertz CT molecular complexity index is 752. The average Bonchev–Trinajstić information content (AvgIpc) is 2.53. The van der Waals surface area contributed by atoms with Crippen molar-refractivity contribution in [2.45, 2.75) is 6.92 Å². The minimum atomic E-state index is -0.989. The van der Waals surface area contributed by atoms with Crippen molar-refractivity contribution in [1.82, 2.24) is 0 Å². The summed E-state index contributed by atoms with van der Waals surface area (Å²) in [7, 11) is 0. The molecule has 2 aromatic rings. The molecule has 118 valence electrons. The van der Waals surface area contributed by atoms with Crippen molar-refractivity contribution in [3.8, 4) is 5.75 Å². The van der Waals surface area contributed by atoms with Gasteiger partial charge in [-0.15, -0.1) is 0 Å². The first kappa shape index (κ1) is 16.2. The van der Waals surface area contributed by atoms with E-state index in [1.807, 2.05) is 6.92 Å². The lowest BCUT2D eigenvalue weighted by Crippen LogP contribution is -2.19. The predicted molar refractivity (Wildman–Crippen MR) is 86.5 cm³/mol. The van der Waals surface area contributed by atoms with Crippen LogP contribution in [0.3, 0.4) is 0 Å². The first-order valence-corrected chi connectivity index (χ1v) is 6.85. The van der Waals surface area contributed by atoms with Gasteiger partial charge in [-0.25, -0.2) is 4.79 Å². The number of rotatable bonds is 6.